The third-order valence-corrected chi connectivity index (χ3v) is 5.42. The summed E-state index contributed by atoms with van der Waals surface area (Å²) in [5, 5.41) is 5.81. The summed E-state index contributed by atoms with van der Waals surface area (Å²) in [5.74, 6) is 0. The molecule has 98 valence electrons. The van der Waals surface area contributed by atoms with Crippen LogP contribution in [0.4, 0.5) is 0 Å². The van der Waals surface area contributed by atoms with Gasteiger partial charge in [0.05, 0.1) is 0 Å². The summed E-state index contributed by atoms with van der Waals surface area (Å²) in [6.07, 6.45) is 11.6. The van der Waals surface area contributed by atoms with E-state index in [0.717, 1.165) is 0 Å². The summed E-state index contributed by atoms with van der Waals surface area (Å²) in [7, 11) is 0. The van der Waals surface area contributed by atoms with Crippen LogP contribution in [-0.4, -0.2) is 14.5 Å². The van der Waals surface area contributed by atoms with E-state index in [1.54, 1.807) is 0 Å². The maximum absolute atomic E-state index is 2.92. The molecule has 2 heteroatoms. The SMILES string of the molecule is C1=CC=CNC=C1.c1ccc2c(c1)[se]c1ccccc12. The third-order valence-electron chi connectivity index (χ3n) is 3.00. The van der Waals surface area contributed by atoms with E-state index in [0.29, 0.717) is 14.5 Å². The van der Waals surface area contributed by atoms with E-state index in [9.17, 15) is 0 Å². The Morgan fingerprint density at radius 2 is 1.10 bits per heavy atom. The van der Waals surface area contributed by atoms with Crippen LogP contribution in [0.25, 0.3) is 19.3 Å². The molecule has 0 spiro atoms. The summed E-state index contributed by atoms with van der Waals surface area (Å²) in [6.45, 7) is 0. The van der Waals surface area contributed by atoms with Gasteiger partial charge in [0.25, 0.3) is 0 Å². The van der Waals surface area contributed by atoms with Crippen LogP contribution in [0.2, 0.25) is 0 Å². The molecular formula is C18H15NSe. The first kappa shape index (κ1) is 13.0. The molecule has 1 aliphatic rings. The van der Waals surface area contributed by atoms with Gasteiger partial charge in [0.1, 0.15) is 0 Å². The van der Waals surface area contributed by atoms with E-state index in [4.69, 9.17) is 0 Å². The quantitative estimate of drug-likeness (QED) is 0.611. The molecule has 0 saturated carbocycles. The second-order valence-corrected chi connectivity index (χ2v) is 6.64. The molecule has 3 aromatic rings. The van der Waals surface area contributed by atoms with Crippen molar-refractivity contribution < 1.29 is 0 Å². The van der Waals surface area contributed by atoms with Crippen molar-refractivity contribution in [1.82, 2.24) is 5.32 Å². The first-order chi connectivity index (χ1) is 9.95. The first-order valence-corrected chi connectivity index (χ1v) is 8.27. The third kappa shape index (κ3) is 2.93. The van der Waals surface area contributed by atoms with Gasteiger partial charge in [0, 0.05) is 12.4 Å². The molecular weight excluding hydrogens is 309 g/mol. The van der Waals surface area contributed by atoms with E-state index in [-0.39, 0.29) is 0 Å². The fraction of sp³-hybridized carbons (Fsp3) is 0. The molecule has 1 aromatic heterocycles. The molecule has 2 heterocycles. The average Bonchev–Trinajstić information content (AvgIpc) is 2.68. The fourth-order valence-electron chi connectivity index (χ4n) is 2.08. The fourth-order valence-corrected chi connectivity index (χ4v) is 4.40. The van der Waals surface area contributed by atoms with Crippen molar-refractivity contribution in [3.63, 3.8) is 0 Å². The maximum atomic E-state index is 2.92. The number of allylic oxidation sites excluding steroid dienone is 4. The Morgan fingerprint density at radius 3 is 1.65 bits per heavy atom. The van der Waals surface area contributed by atoms with Gasteiger partial charge in [-0.15, -0.1) is 0 Å². The number of hydrogen-bond donors (Lipinski definition) is 1. The Bertz CT molecular complexity index is 729. The van der Waals surface area contributed by atoms with Crippen LogP contribution >= 0.6 is 0 Å². The average molecular weight is 324 g/mol. The Hall–Kier alpha value is -2.02. The van der Waals surface area contributed by atoms with Crippen LogP contribution in [-0.2, 0) is 0 Å². The topological polar surface area (TPSA) is 12.0 Å². The van der Waals surface area contributed by atoms with Crippen molar-refractivity contribution in [2.75, 3.05) is 0 Å². The summed E-state index contributed by atoms with van der Waals surface area (Å²) in [4.78, 5) is 0. The van der Waals surface area contributed by atoms with Crippen LogP contribution < -0.4 is 5.32 Å². The molecule has 0 fully saturated rings. The van der Waals surface area contributed by atoms with Gasteiger partial charge in [-0.25, -0.2) is 0 Å². The van der Waals surface area contributed by atoms with E-state index >= 15 is 0 Å². The van der Waals surface area contributed by atoms with Crippen molar-refractivity contribution in [3.05, 3.63) is 85.2 Å². The zero-order valence-corrected chi connectivity index (χ0v) is 12.7. The van der Waals surface area contributed by atoms with Crippen molar-refractivity contribution in [3.8, 4) is 0 Å². The number of benzene rings is 2. The Labute approximate surface area is 124 Å². The Balaban J connectivity index is 0.000000147. The molecule has 1 aliphatic heterocycles. The minimum absolute atomic E-state index is 0.535. The van der Waals surface area contributed by atoms with Gasteiger partial charge in [-0.1, -0.05) is 12.2 Å². The predicted molar refractivity (Wildman–Crippen MR) is 88.9 cm³/mol. The molecule has 0 unspecified atom stereocenters. The van der Waals surface area contributed by atoms with Gasteiger partial charge in [-0.05, 0) is 12.2 Å². The molecule has 0 amide bonds. The summed E-state index contributed by atoms with van der Waals surface area (Å²) in [6, 6.07) is 17.4. The zero-order chi connectivity index (χ0) is 13.6. The first-order valence-electron chi connectivity index (χ1n) is 6.56. The molecule has 20 heavy (non-hydrogen) atoms. The number of hydrogen-bond acceptors (Lipinski definition) is 1. The molecule has 1 N–H and O–H groups in total. The zero-order valence-electron chi connectivity index (χ0n) is 11.0. The predicted octanol–water partition coefficient (Wildman–Crippen LogP) is 4.22. The van der Waals surface area contributed by atoms with Crippen LogP contribution in [0.15, 0.2) is 85.2 Å². The van der Waals surface area contributed by atoms with Crippen molar-refractivity contribution in [2.45, 2.75) is 0 Å². The Kier molecular flexibility index (Phi) is 4.17. The van der Waals surface area contributed by atoms with Gasteiger partial charge in [0.2, 0.25) is 0 Å². The monoisotopic (exact) mass is 325 g/mol. The van der Waals surface area contributed by atoms with Crippen molar-refractivity contribution >= 4 is 33.8 Å². The van der Waals surface area contributed by atoms with Crippen LogP contribution in [0.1, 0.15) is 0 Å². The second kappa shape index (κ2) is 6.42. The Morgan fingerprint density at radius 1 is 0.600 bits per heavy atom. The summed E-state index contributed by atoms with van der Waals surface area (Å²) >= 11 is 0.535. The van der Waals surface area contributed by atoms with Crippen LogP contribution in [0.3, 0.4) is 0 Å². The van der Waals surface area contributed by atoms with E-state index in [1.807, 2.05) is 36.7 Å². The van der Waals surface area contributed by atoms with Gasteiger partial charge >= 0.3 is 82.3 Å². The molecule has 4 rings (SSSR count). The molecule has 1 nitrogen and oxygen atoms in total. The van der Waals surface area contributed by atoms with Gasteiger partial charge in [-0.2, -0.15) is 0 Å². The second-order valence-electron chi connectivity index (χ2n) is 4.36. The normalized spacial score (nSPS) is 12.8. The molecule has 0 bridgehead atoms. The number of rotatable bonds is 0. The molecule has 0 atom stereocenters. The van der Waals surface area contributed by atoms with Gasteiger partial charge in [0.15, 0.2) is 0 Å². The van der Waals surface area contributed by atoms with E-state index in [1.165, 1.54) is 19.3 Å². The summed E-state index contributed by atoms with van der Waals surface area (Å²) in [5.41, 5.74) is 0. The molecule has 0 aliphatic carbocycles. The van der Waals surface area contributed by atoms with Gasteiger partial charge in [-0.3, -0.25) is 0 Å². The van der Waals surface area contributed by atoms with Crippen molar-refractivity contribution in [1.29, 1.82) is 0 Å². The number of nitrogens with one attached hydrogen (secondary N) is 1. The molecule has 2 aromatic carbocycles. The summed E-state index contributed by atoms with van der Waals surface area (Å²) < 4.78 is 3.05. The molecule has 0 radical (unpaired) electrons. The minimum atomic E-state index is 0.535. The van der Waals surface area contributed by atoms with Crippen LogP contribution in [0, 0.1) is 0 Å². The van der Waals surface area contributed by atoms with Crippen LogP contribution in [0.5, 0.6) is 0 Å². The van der Waals surface area contributed by atoms with E-state index in [2.05, 4.69) is 53.8 Å². The standard InChI is InChI=1S/C12H8Se.C6H7N/c1-3-7-11-9(5-1)10-6-2-4-8-12(10)13-11;1-2-4-6-7-5-3-1/h1-8H;1-7H. The van der Waals surface area contributed by atoms with E-state index < -0.39 is 0 Å². The molecule has 0 saturated heterocycles. The number of fused-ring (bicyclic) bond motifs is 3. The van der Waals surface area contributed by atoms with Gasteiger partial charge < -0.3 is 5.32 Å². The van der Waals surface area contributed by atoms with Crippen molar-refractivity contribution in [2.24, 2.45) is 0 Å².